The number of aromatic nitrogens is 2. The quantitative estimate of drug-likeness (QED) is 0.903. The van der Waals surface area contributed by atoms with E-state index in [1.807, 2.05) is 10.9 Å². The molecule has 20 heavy (non-hydrogen) atoms. The Bertz CT molecular complexity index is 491. The molecular weight excluding hydrogens is 270 g/mol. The van der Waals surface area contributed by atoms with E-state index in [1.165, 1.54) is 37.7 Å². The Labute approximate surface area is 124 Å². The van der Waals surface area contributed by atoms with Crippen LogP contribution in [0.1, 0.15) is 62.8 Å². The zero-order chi connectivity index (χ0) is 14.1. The minimum Gasteiger partial charge on any atom is -0.310 e. The van der Waals surface area contributed by atoms with Crippen molar-refractivity contribution in [2.24, 2.45) is 5.92 Å². The summed E-state index contributed by atoms with van der Waals surface area (Å²) in [7, 11) is 0. The fourth-order valence-corrected chi connectivity index (χ4v) is 4.65. The first-order chi connectivity index (χ1) is 9.66. The summed E-state index contributed by atoms with van der Waals surface area (Å²) in [6.45, 7) is 4.21. The SMILES string of the molecule is CC(C)n1ncc2c1NC(=O)CSC2C1CCCCC1. The third-order valence-corrected chi connectivity index (χ3v) is 5.78. The topological polar surface area (TPSA) is 46.9 Å². The van der Waals surface area contributed by atoms with Gasteiger partial charge in [-0.15, -0.1) is 11.8 Å². The van der Waals surface area contributed by atoms with E-state index in [0.29, 0.717) is 16.9 Å². The zero-order valence-electron chi connectivity index (χ0n) is 12.3. The van der Waals surface area contributed by atoms with E-state index in [9.17, 15) is 4.79 Å². The zero-order valence-corrected chi connectivity index (χ0v) is 13.1. The Morgan fingerprint density at radius 3 is 2.80 bits per heavy atom. The van der Waals surface area contributed by atoms with Crippen LogP contribution in [0, 0.1) is 5.92 Å². The maximum absolute atomic E-state index is 12.0. The summed E-state index contributed by atoms with van der Waals surface area (Å²) in [5.74, 6) is 2.31. The first kappa shape index (κ1) is 14.0. The van der Waals surface area contributed by atoms with Crippen molar-refractivity contribution in [3.63, 3.8) is 0 Å². The van der Waals surface area contributed by atoms with Crippen molar-refractivity contribution in [3.05, 3.63) is 11.8 Å². The highest BCUT2D eigenvalue weighted by Crippen LogP contribution is 2.47. The van der Waals surface area contributed by atoms with E-state index in [1.54, 1.807) is 11.8 Å². The highest BCUT2D eigenvalue weighted by molar-refractivity contribution is 8.00. The van der Waals surface area contributed by atoms with Crippen molar-refractivity contribution in [1.82, 2.24) is 9.78 Å². The number of hydrogen-bond donors (Lipinski definition) is 1. The second kappa shape index (κ2) is 5.80. The Kier molecular flexibility index (Phi) is 4.06. The van der Waals surface area contributed by atoms with Crippen LogP contribution < -0.4 is 5.32 Å². The van der Waals surface area contributed by atoms with E-state index in [4.69, 9.17) is 0 Å². The lowest BCUT2D eigenvalue weighted by atomic mass is 9.85. The lowest BCUT2D eigenvalue weighted by Gasteiger charge is -2.28. The molecule has 1 N–H and O–H groups in total. The van der Waals surface area contributed by atoms with Gasteiger partial charge >= 0.3 is 0 Å². The molecule has 1 aliphatic carbocycles. The molecule has 1 aromatic rings. The molecule has 1 aliphatic heterocycles. The summed E-state index contributed by atoms with van der Waals surface area (Å²) in [6, 6.07) is 0.272. The fourth-order valence-electron chi connectivity index (χ4n) is 3.36. The van der Waals surface area contributed by atoms with E-state index >= 15 is 0 Å². The molecule has 0 radical (unpaired) electrons. The molecule has 5 heteroatoms. The van der Waals surface area contributed by atoms with Gasteiger partial charge < -0.3 is 5.32 Å². The van der Waals surface area contributed by atoms with Crippen LogP contribution in [0.25, 0.3) is 0 Å². The number of hydrogen-bond acceptors (Lipinski definition) is 3. The Morgan fingerprint density at radius 1 is 1.35 bits per heavy atom. The van der Waals surface area contributed by atoms with Crippen LogP contribution in [0.5, 0.6) is 0 Å². The van der Waals surface area contributed by atoms with Crippen LogP contribution in [0.3, 0.4) is 0 Å². The van der Waals surface area contributed by atoms with Crippen molar-refractivity contribution < 1.29 is 4.79 Å². The summed E-state index contributed by atoms with van der Waals surface area (Å²) >= 11 is 1.80. The van der Waals surface area contributed by atoms with Crippen LogP contribution in [-0.2, 0) is 4.79 Å². The molecule has 1 aromatic heterocycles. The monoisotopic (exact) mass is 293 g/mol. The molecule has 4 nitrogen and oxygen atoms in total. The molecule has 0 saturated heterocycles. The highest BCUT2D eigenvalue weighted by atomic mass is 32.2. The van der Waals surface area contributed by atoms with Gasteiger partial charge in [0.25, 0.3) is 0 Å². The smallest absolute Gasteiger partial charge is 0.235 e. The number of carbonyl (C=O) groups is 1. The van der Waals surface area contributed by atoms with E-state index in [-0.39, 0.29) is 11.9 Å². The van der Waals surface area contributed by atoms with Crippen molar-refractivity contribution in [2.45, 2.75) is 57.2 Å². The predicted octanol–water partition coefficient (Wildman–Crippen LogP) is 3.77. The molecule has 110 valence electrons. The number of rotatable bonds is 2. The number of fused-ring (bicyclic) bond motifs is 1. The summed E-state index contributed by atoms with van der Waals surface area (Å²) in [5, 5.41) is 8.00. The van der Waals surface area contributed by atoms with Crippen LogP contribution in [-0.4, -0.2) is 21.4 Å². The van der Waals surface area contributed by atoms with Crippen molar-refractivity contribution in [1.29, 1.82) is 0 Å². The molecule has 1 atom stereocenters. The lowest BCUT2D eigenvalue weighted by molar-refractivity contribution is -0.113. The molecule has 0 aromatic carbocycles. The number of amides is 1. The number of thioether (sulfide) groups is 1. The van der Waals surface area contributed by atoms with Crippen LogP contribution in [0.15, 0.2) is 6.20 Å². The van der Waals surface area contributed by atoms with Gasteiger partial charge in [-0.1, -0.05) is 19.3 Å². The van der Waals surface area contributed by atoms with Gasteiger partial charge in [-0.05, 0) is 32.6 Å². The number of carbonyl (C=O) groups excluding carboxylic acids is 1. The third kappa shape index (κ3) is 2.60. The first-order valence-corrected chi connectivity index (χ1v) is 8.70. The maximum atomic E-state index is 12.0. The van der Waals surface area contributed by atoms with Crippen LogP contribution in [0.2, 0.25) is 0 Å². The van der Waals surface area contributed by atoms with E-state index in [0.717, 1.165) is 5.82 Å². The third-order valence-electron chi connectivity index (χ3n) is 4.35. The number of nitrogens with one attached hydrogen (secondary N) is 1. The predicted molar refractivity (Wildman–Crippen MR) is 83.0 cm³/mol. The van der Waals surface area contributed by atoms with Crippen molar-refractivity contribution >= 4 is 23.5 Å². The summed E-state index contributed by atoms with van der Waals surface area (Å²) < 4.78 is 1.95. The highest BCUT2D eigenvalue weighted by Gasteiger charge is 2.33. The summed E-state index contributed by atoms with van der Waals surface area (Å²) in [4.78, 5) is 12.0. The van der Waals surface area contributed by atoms with Gasteiger partial charge in [0.2, 0.25) is 5.91 Å². The van der Waals surface area contributed by atoms with Gasteiger partial charge in [0.15, 0.2) is 0 Å². The fraction of sp³-hybridized carbons (Fsp3) is 0.733. The molecule has 0 spiro atoms. The van der Waals surface area contributed by atoms with E-state index < -0.39 is 0 Å². The van der Waals surface area contributed by atoms with Gasteiger partial charge in [0.05, 0.1) is 11.9 Å². The lowest BCUT2D eigenvalue weighted by Crippen LogP contribution is -2.17. The van der Waals surface area contributed by atoms with Crippen molar-refractivity contribution in [3.8, 4) is 0 Å². The van der Waals surface area contributed by atoms with Gasteiger partial charge in [0, 0.05) is 16.9 Å². The first-order valence-electron chi connectivity index (χ1n) is 7.65. The molecule has 1 unspecified atom stereocenters. The molecule has 1 amide bonds. The molecule has 2 aliphatic rings. The number of nitrogens with zero attached hydrogens (tertiary/aromatic N) is 2. The van der Waals surface area contributed by atoms with Gasteiger partial charge in [0.1, 0.15) is 5.82 Å². The summed E-state index contributed by atoms with van der Waals surface area (Å²) in [6.07, 6.45) is 8.58. The van der Waals surface area contributed by atoms with Crippen LogP contribution in [0.4, 0.5) is 5.82 Å². The number of anilines is 1. The largest absolute Gasteiger partial charge is 0.310 e. The molecule has 2 heterocycles. The van der Waals surface area contributed by atoms with E-state index in [2.05, 4.69) is 24.3 Å². The average Bonchev–Trinajstić information content (AvgIpc) is 2.77. The van der Waals surface area contributed by atoms with Gasteiger partial charge in [-0.2, -0.15) is 5.10 Å². The van der Waals surface area contributed by atoms with Crippen molar-refractivity contribution in [2.75, 3.05) is 11.1 Å². The Morgan fingerprint density at radius 2 is 2.10 bits per heavy atom. The Hall–Kier alpha value is -0.970. The summed E-state index contributed by atoms with van der Waals surface area (Å²) in [5.41, 5.74) is 1.24. The molecule has 1 fully saturated rings. The normalized spacial score (nSPS) is 24.4. The molecule has 1 saturated carbocycles. The molecule has 0 bridgehead atoms. The van der Waals surface area contributed by atoms with Crippen LogP contribution >= 0.6 is 11.8 Å². The van der Waals surface area contributed by atoms with Gasteiger partial charge in [-0.3, -0.25) is 4.79 Å². The minimum absolute atomic E-state index is 0.108. The maximum Gasteiger partial charge on any atom is 0.235 e. The second-order valence-electron chi connectivity index (χ2n) is 6.16. The standard InChI is InChI=1S/C15H23N3OS/c1-10(2)18-15-12(8-16-18)14(20-9-13(19)17-15)11-6-4-3-5-7-11/h8,10-11,14H,3-7,9H2,1-2H3,(H,17,19). The average molecular weight is 293 g/mol. The minimum atomic E-state index is 0.108. The Balaban J connectivity index is 1.95. The van der Waals surface area contributed by atoms with Gasteiger partial charge in [-0.25, -0.2) is 4.68 Å². The molecule has 3 rings (SSSR count). The second-order valence-corrected chi connectivity index (χ2v) is 7.29. The molecular formula is C15H23N3OS.